The van der Waals surface area contributed by atoms with E-state index >= 15 is 0 Å². The van der Waals surface area contributed by atoms with Crippen LogP contribution in [0.3, 0.4) is 0 Å². The SMILES string of the molecule is [Fe].[c-]1[c-][c-][cH-][c-]1.c1ccc([P+](C[c-]2cccc2)(c2ccccc2)c2ccccc2)cc1. The summed E-state index contributed by atoms with van der Waals surface area (Å²) in [6.07, 6.45) is 1.05. The zero-order chi connectivity index (χ0) is 20.5. The normalized spacial score (nSPS) is 10.5. The molecule has 0 aliphatic rings. The van der Waals surface area contributed by atoms with Crippen molar-refractivity contribution in [2.45, 2.75) is 6.16 Å². The third kappa shape index (κ3) is 5.52. The Morgan fingerprint density at radius 3 is 1.29 bits per heavy atom. The van der Waals surface area contributed by atoms with Crippen molar-refractivity contribution in [3.8, 4) is 0 Å². The van der Waals surface area contributed by atoms with Crippen LogP contribution in [0.5, 0.6) is 0 Å². The van der Waals surface area contributed by atoms with Gasteiger partial charge in [-0.15, -0.1) is 5.56 Å². The van der Waals surface area contributed by atoms with Gasteiger partial charge in [-0.25, -0.2) is 12.1 Å². The molecule has 31 heavy (non-hydrogen) atoms. The van der Waals surface area contributed by atoms with Crippen LogP contribution in [-0.4, -0.2) is 0 Å². The average Bonchev–Trinajstić information content (AvgIpc) is 3.56. The zero-order valence-corrected chi connectivity index (χ0v) is 19.1. The molecule has 0 N–H and O–H groups in total. The second-order valence-electron chi connectivity index (χ2n) is 6.95. The third-order valence-electron chi connectivity index (χ3n) is 5.09. The zero-order valence-electron chi connectivity index (χ0n) is 17.1. The molecule has 0 bridgehead atoms. The van der Waals surface area contributed by atoms with E-state index in [1.165, 1.54) is 21.5 Å². The van der Waals surface area contributed by atoms with Gasteiger partial charge >= 0.3 is 0 Å². The quantitative estimate of drug-likeness (QED) is 0.186. The Balaban J connectivity index is 0.000000401. The van der Waals surface area contributed by atoms with E-state index in [-0.39, 0.29) is 17.1 Å². The van der Waals surface area contributed by atoms with Gasteiger partial charge in [0, 0.05) is 17.1 Å². The van der Waals surface area contributed by atoms with E-state index < -0.39 is 7.26 Å². The Kier molecular flexibility index (Phi) is 8.63. The monoisotopic (exact) mass is 457 g/mol. The van der Waals surface area contributed by atoms with Gasteiger partial charge in [0.25, 0.3) is 0 Å². The fraction of sp³-hybridized carbons (Fsp3) is 0.0345. The molecule has 0 atom stereocenters. The minimum absolute atomic E-state index is 0. The number of benzene rings is 3. The summed E-state index contributed by atoms with van der Waals surface area (Å²) in [6.45, 7) is 0. The molecule has 2 heteroatoms. The van der Waals surface area contributed by atoms with Gasteiger partial charge in [0.05, 0.1) is 6.16 Å². The van der Waals surface area contributed by atoms with E-state index in [0.717, 1.165) is 6.16 Å². The summed E-state index contributed by atoms with van der Waals surface area (Å²) in [4.78, 5) is 0. The second-order valence-corrected chi connectivity index (χ2v) is 10.4. The molecule has 0 saturated carbocycles. The predicted molar refractivity (Wildman–Crippen MR) is 128 cm³/mol. The van der Waals surface area contributed by atoms with E-state index in [2.05, 4.69) is 140 Å². The predicted octanol–water partition coefficient (Wildman–Crippen LogP) is 5.50. The first kappa shape index (κ1) is 23.0. The first-order valence-corrected chi connectivity index (χ1v) is 12.0. The molecule has 0 aliphatic carbocycles. The van der Waals surface area contributed by atoms with Crippen molar-refractivity contribution in [3.63, 3.8) is 0 Å². The van der Waals surface area contributed by atoms with E-state index in [1.807, 2.05) is 0 Å². The van der Waals surface area contributed by atoms with Crippen molar-refractivity contribution >= 4 is 23.2 Å². The Bertz CT molecular complexity index is 970. The minimum Gasteiger partial charge on any atom is -0.999 e. The fourth-order valence-corrected chi connectivity index (χ4v) is 7.99. The molecule has 0 aromatic heterocycles. The van der Waals surface area contributed by atoms with Gasteiger partial charge in [0.15, 0.2) is 0 Å². The van der Waals surface area contributed by atoms with Crippen molar-refractivity contribution in [1.82, 2.24) is 0 Å². The van der Waals surface area contributed by atoms with Crippen LogP contribution < -0.4 is 15.9 Å². The van der Waals surface area contributed by atoms with Crippen molar-refractivity contribution in [2.75, 3.05) is 0 Å². The van der Waals surface area contributed by atoms with Crippen molar-refractivity contribution in [1.29, 1.82) is 0 Å². The Morgan fingerprint density at radius 1 is 0.581 bits per heavy atom. The van der Waals surface area contributed by atoms with Crippen LogP contribution >= 0.6 is 7.26 Å². The number of hydrogen-bond donors (Lipinski definition) is 0. The van der Waals surface area contributed by atoms with Crippen molar-refractivity contribution < 1.29 is 17.1 Å². The van der Waals surface area contributed by atoms with Gasteiger partial charge in [-0.2, -0.15) is 12.1 Å². The first-order chi connectivity index (χ1) is 14.9. The van der Waals surface area contributed by atoms with Gasteiger partial charge in [-0.1, -0.05) is 54.6 Å². The summed E-state index contributed by atoms with van der Waals surface area (Å²) >= 11 is 0. The summed E-state index contributed by atoms with van der Waals surface area (Å²) in [5.74, 6) is 0. The molecule has 0 aliphatic heterocycles. The van der Waals surface area contributed by atoms with Gasteiger partial charge < -0.3 is 30.3 Å². The van der Waals surface area contributed by atoms with Crippen molar-refractivity contribution in [3.05, 3.63) is 151 Å². The third-order valence-corrected chi connectivity index (χ3v) is 9.47. The van der Waals surface area contributed by atoms with Crippen LogP contribution in [0, 0.1) is 24.3 Å². The molecule has 0 spiro atoms. The molecule has 5 aromatic rings. The Labute approximate surface area is 197 Å². The molecule has 0 nitrogen and oxygen atoms in total. The van der Waals surface area contributed by atoms with Gasteiger partial charge in [-0.05, 0) is 36.4 Å². The van der Waals surface area contributed by atoms with Gasteiger partial charge in [-0.3, -0.25) is 0 Å². The molecule has 0 fully saturated rings. The van der Waals surface area contributed by atoms with Crippen LogP contribution in [0.1, 0.15) is 5.56 Å². The molecule has 0 radical (unpaired) electrons. The molecular formula is C29H22FeP-5. The molecule has 0 unspecified atom stereocenters. The van der Waals surface area contributed by atoms with E-state index in [4.69, 9.17) is 0 Å². The molecule has 5 aromatic carbocycles. The second kappa shape index (κ2) is 11.6. The fourth-order valence-electron chi connectivity index (χ4n) is 3.74. The summed E-state index contributed by atoms with van der Waals surface area (Å²) in [7, 11) is -1.74. The molecule has 5 rings (SSSR count). The molecule has 0 saturated heterocycles. The maximum atomic E-state index is 2.62. The summed E-state index contributed by atoms with van der Waals surface area (Å²) in [5, 5.41) is 4.32. The van der Waals surface area contributed by atoms with E-state index in [9.17, 15) is 0 Å². The van der Waals surface area contributed by atoms with Crippen LogP contribution in [0.15, 0.2) is 121 Å². The minimum atomic E-state index is -1.74. The largest absolute Gasteiger partial charge is 0.999 e. The van der Waals surface area contributed by atoms with Gasteiger partial charge in [0.1, 0.15) is 23.2 Å². The van der Waals surface area contributed by atoms with Crippen molar-refractivity contribution in [2.24, 2.45) is 0 Å². The number of hydrogen-bond acceptors (Lipinski definition) is 0. The maximum Gasteiger partial charge on any atom is 0.105 e. The van der Waals surface area contributed by atoms with Gasteiger partial charge in [0.2, 0.25) is 0 Å². The van der Waals surface area contributed by atoms with E-state index in [1.54, 1.807) is 6.07 Å². The summed E-state index contributed by atoms with van der Waals surface area (Å²) in [5.41, 5.74) is 1.41. The van der Waals surface area contributed by atoms with E-state index in [0.29, 0.717) is 0 Å². The van der Waals surface area contributed by atoms with Crippen LogP contribution in [-0.2, 0) is 23.2 Å². The van der Waals surface area contributed by atoms with Crippen LogP contribution in [0.25, 0.3) is 0 Å². The first-order valence-electron chi connectivity index (χ1n) is 9.98. The van der Waals surface area contributed by atoms with Crippen LogP contribution in [0.2, 0.25) is 0 Å². The maximum absolute atomic E-state index is 2.62. The van der Waals surface area contributed by atoms with Crippen LogP contribution in [0.4, 0.5) is 0 Å². The molecule has 0 amide bonds. The topological polar surface area (TPSA) is 0 Å². The average molecular weight is 457 g/mol. The summed E-state index contributed by atoms with van der Waals surface area (Å²) < 4.78 is 0. The smallest absolute Gasteiger partial charge is 0.105 e. The Morgan fingerprint density at radius 2 is 0.968 bits per heavy atom. The standard InChI is InChI=1S/C24H21P.C5H.Fe/c1-4-14-22(15-5-1)25(20-21-12-10-11-13-21,23-16-6-2-7-17-23)24-18-8-3-9-19-24;1-2-4-5-3-1;/h1-19H,20H2;1H;/q;-5;. The molecule has 0 heterocycles. The number of rotatable bonds is 5. The molecule has 156 valence electrons. The molecular weight excluding hydrogens is 435 g/mol. The summed E-state index contributed by atoms with van der Waals surface area (Å²) in [6, 6.07) is 53.9. The Hall–Kier alpha value is -2.69.